The molecule has 74 heavy (non-hydrogen) atoms. The molecule has 0 aromatic carbocycles. The van der Waals surface area contributed by atoms with E-state index in [1.54, 1.807) is 0 Å². The lowest BCUT2D eigenvalue weighted by Gasteiger charge is -2.40. The van der Waals surface area contributed by atoms with Gasteiger partial charge in [-0.2, -0.15) is 0 Å². The number of nitrogens with one attached hydrogen (secondary N) is 1. The summed E-state index contributed by atoms with van der Waals surface area (Å²) in [4.78, 5) is 13.2. The molecule has 0 aliphatic carbocycles. The van der Waals surface area contributed by atoms with Crippen LogP contribution in [0.3, 0.4) is 0 Å². The third-order valence-corrected chi connectivity index (χ3v) is 15.1. The first kappa shape index (κ1) is 70.3. The molecule has 1 heterocycles. The number of unbranched alkanes of at least 4 members (excludes halogenated alkanes) is 36. The SMILES string of the molecule is CCCCCCCCCCC/C=C\CCCCCCCCC(O)C(=O)NC(COC1OC(CO)C(O)C(O)C1O)C(O)C(O)CCC/C=C/CC/C=C/CCCCCCCCCCCCCCCCCCCCC. The highest BCUT2D eigenvalue weighted by Gasteiger charge is 2.44. The van der Waals surface area contributed by atoms with Gasteiger partial charge in [0.15, 0.2) is 6.29 Å². The number of amides is 1. The third-order valence-electron chi connectivity index (χ3n) is 15.1. The Morgan fingerprint density at radius 2 is 0.811 bits per heavy atom. The molecular weight excluding hydrogens is 931 g/mol. The van der Waals surface area contributed by atoms with Crippen LogP contribution in [0.5, 0.6) is 0 Å². The maximum atomic E-state index is 13.2. The lowest BCUT2D eigenvalue weighted by atomic mass is 9.98. The maximum Gasteiger partial charge on any atom is 0.249 e. The molecule has 1 saturated heterocycles. The molecule has 9 unspecified atom stereocenters. The van der Waals surface area contributed by atoms with Gasteiger partial charge in [-0.25, -0.2) is 0 Å². The van der Waals surface area contributed by atoms with Gasteiger partial charge in [-0.05, 0) is 77.0 Å². The smallest absolute Gasteiger partial charge is 0.249 e. The van der Waals surface area contributed by atoms with Crippen molar-refractivity contribution < 1.29 is 50.0 Å². The van der Waals surface area contributed by atoms with Crippen molar-refractivity contribution in [2.75, 3.05) is 13.2 Å². The van der Waals surface area contributed by atoms with E-state index in [0.717, 1.165) is 57.8 Å². The maximum absolute atomic E-state index is 13.2. The topological polar surface area (TPSA) is 189 Å². The van der Waals surface area contributed by atoms with Crippen molar-refractivity contribution in [2.24, 2.45) is 0 Å². The Morgan fingerprint density at radius 1 is 0.459 bits per heavy atom. The van der Waals surface area contributed by atoms with Crippen LogP contribution in [-0.4, -0.2) is 110 Å². The van der Waals surface area contributed by atoms with Crippen molar-refractivity contribution in [3.63, 3.8) is 0 Å². The molecule has 11 nitrogen and oxygen atoms in total. The zero-order valence-electron chi connectivity index (χ0n) is 47.8. The van der Waals surface area contributed by atoms with Crippen LogP contribution in [0.2, 0.25) is 0 Å². The molecule has 1 aliphatic rings. The number of aliphatic hydroxyl groups is 7. The van der Waals surface area contributed by atoms with E-state index in [2.05, 4.69) is 55.6 Å². The van der Waals surface area contributed by atoms with Crippen LogP contribution in [-0.2, 0) is 14.3 Å². The van der Waals surface area contributed by atoms with Crippen LogP contribution >= 0.6 is 0 Å². The fourth-order valence-corrected chi connectivity index (χ4v) is 10.0. The summed E-state index contributed by atoms with van der Waals surface area (Å²) in [5, 5.41) is 76.2. The largest absolute Gasteiger partial charge is 0.394 e. The minimum Gasteiger partial charge on any atom is -0.394 e. The first-order chi connectivity index (χ1) is 36.2. The molecule has 9 atom stereocenters. The van der Waals surface area contributed by atoms with E-state index in [4.69, 9.17) is 9.47 Å². The van der Waals surface area contributed by atoms with Crippen molar-refractivity contribution >= 4 is 5.91 Å². The molecule has 0 radical (unpaired) electrons. The van der Waals surface area contributed by atoms with Crippen LogP contribution in [0.25, 0.3) is 0 Å². The van der Waals surface area contributed by atoms with Crippen molar-refractivity contribution in [3.8, 4) is 0 Å². The summed E-state index contributed by atoms with van der Waals surface area (Å²) in [5.74, 6) is -0.713. The molecular formula is C63H119NO10. The number of carbonyl (C=O) groups excluding carboxylic acids is 1. The van der Waals surface area contributed by atoms with Gasteiger partial charge >= 0.3 is 0 Å². The van der Waals surface area contributed by atoms with Crippen molar-refractivity contribution in [1.82, 2.24) is 5.32 Å². The zero-order chi connectivity index (χ0) is 54.0. The van der Waals surface area contributed by atoms with Gasteiger partial charge in [0, 0.05) is 0 Å². The highest BCUT2D eigenvalue weighted by Crippen LogP contribution is 2.23. The average Bonchev–Trinajstić information content (AvgIpc) is 3.40. The summed E-state index contributed by atoms with van der Waals surface area (Å²) in [6, 6.07) is -1.19. The Labute approximate surface area is 454 Å². The molecule has 0 bridgehead atoms. The molecule has 1 amide bonds. The van der Waals surface area contributed by atoms with Gasteiger partial charge in [0.1, 0.15) is 36.6 Å². The van der Waals surface area contributed by atoms with Gasteiger partial charge in [-0.15, -0.1) is 0 Å². The van der Waals surface area contributed by atoms with Crippen LogP contribution < -0.4 is 5.32 Å². The lowest BCUT2D eigenvalue weighted by molar-refractivity contribution is -0.303. The highest BCUT2D eigenvalue weighted by molar-refractivity contribution is 5.80. The first-order valence-corrected chi connectivity index (χ1v) is 31.4. The van der Waals surface area contributed by atoms with Gasteiger partial charge in [0.05, 0.1) is 25.4 Å². The summed E-state index contributed by atoms with van der Waals surface area (Å²) < 4.78 is 11.1. The second-order valence-corrected chi connectivity index (χ2v) is 22.1. The summed E-state index contributed by atoms with van der Waals surface area (Å²) in [6.45, 7) is 3.47. The Hall–Kier alpha value is -1.67. The standard InChI is InChI=1S/C63H119NO10/c1-3-5-7-9-11-13-15-17-19-21-23-24-25-26-27-28-29-30-31-33-34-36-38-40-42-44-46-48-50-55(66)58(68)54(53-73-63-61(71)60(70)59(69)57(52-65)74-63)64-62(72)56(67)51-49-47-45-43-41-39-37-35-32-22-20-18-16-14-12-10-8-6-4-2/h32,34-36,42,44,54-61,63,65-71H,3-31,33,37-41,43,45-53H2,1-2H3,(H,64,72)/b35-32-,36-34+,44-42+. The Morgan fingerprint density at radius 3 is 1.20 bits per heavy atom. The number of hydrogen-bond acceptors (Lipinski definition) is 10. The highest BCUT2D eigenvalue weighted by atomic mass is 16.7. The van der Waals surface area contributed by atoms with Gasteiger partial charge in [-0.3, -0.25) is 4.79 Å². The van der Waals surface area contributed by atoms with Crippen LogP contribution in [0.15, 0.2) is 36.5 Å². The van der Waals surface area contributed by atoms with Crippen LogP contribution in [0, 0.1) is 0 Å². The van der Waals surface area contributed by atoms with Crippen molar-refractivity contribution in [2.45, 2.75) is 345 Å². The molecule has 0 spiro atoms. The summed E-state index contributed by atoms with van der Waals surface area (Å²) in [6.07, 6.45) is 53.6. The van der Waals surface area contributed by atoms with Crippen molar-refractivity contribution in [3.05, 3.63) is 36.5 Å². The quantitative estimate of drug-likeness (QED) is 0.0215. The fourth-order valence-electron chi connectivity index (χ4n) is 10.0. The predicted octanol–water partition coefficient (Wildman–Crippen LogP) is 13.9. The number of carbonyl (C=O) groups is 1. The Bertz CT molecular complexity index is 1300. The van der Waals surface area contributed by atoms with E-state index in [0.29, 0.717) is 19.3 Å². The molecule has 0 saturated carbocycles. The second-order valence-electron chi connectivity index (χ2n) is 22.1. The average molecular weight is 1050 g/mol. The fraction of sp³-hybridized carbons (Fsp3) is 0.889. The van der Waals surface area contributed by atoms with E-state index >= 15 is 0 Å². The molecule has 1 fully saturated rings. The Balaban J connectivity index is 2.29. The summed E-state index contributed by atoms with van der Waals surface area (Å²) in [7, 11) is 0. The molecule has 0 aromatic rings. The summed E-state index contributed by atoms with van der Waals surface area (Å²) in [5.41, 5.74) is 0. The monoisotopic (exact) mass is 1050 g/mol. The van der Waals surface area contributed by atoms with Gasteiger partial charge in [0.25, 0.3) is 0 Å². The second kappa shape index (κ2) is 52.1. The van der Waals surface area contributed by atoms with E-state index in [1.165, 1.54) is 186 Å². The van der Waals surface area contributed by atoms with E-state index in [1.807, 2.05) is 0 Å². The van der Waals surface area contributed by atoms with E-state index in [9.17, 15) is 40.5 Å². The lowest BCUT2D eigenvalue weighted by Crippen LogP contribution is -2.60. The number of allylic oxidation sites excluding steroid dienone is 6. The van der Waals surface area contributed by atoms with Gasteiger partial charge in [0.2, 0.25) is 5.91 Å². The molecule has 8 N–H and O–H groups in total. The number of aliphatic hydroxyl groups excluding tert-OH is 7. The number of hydrogen-bond donors (Lipinski definition) is 8. The molecule has 0 aromatic heterocycles. The number of ether oxygens (including phenoxy) is 2. The van der Waals surface area contributed by atoms with Gasteiger partial charge < -0.3 is 50.5 Å². The minimum atomic E-state index is -1.67. The first-order valence-electron chi connectivity index (χ1n) is 31.4. The minimum absolute atomic E-state index is 0.244. The predicted molar refractivity (Wildman–Crippen MR) is 307 cm³/mol. The molecule has 436 valence electrons. The molecule has 1 aliphatic heterocycles. The normalized spacial score (nSPS) is 20.0. The zero-order valence-corrected chi connectivity index (χ0v) is 47.8. The molecule has 11 heteroatoms. The summed E-state index contributed by atoms with van der Waals surface area (Å²) >= 11 is 0. The number of rotatable bonds is 54. The van der Waals surface area contributed by atoms with E-state index in [-0.39, 0.29) is 12.8 Å². The van der Waals surface area contributed by atoms with Crippen LogP contribution in [0.1, 0.15) is 290 Å². The molecule has 1 rings (SSSR count). The van der Waals surface area contributed by atoms with Gasteiger partial charge in [-0.1, -0.05) is 249 Å². The Kier molecular flexibility index (Phi) is 49.5. The third kappa shape index (κ3) is 39.7. The van der Waals surface area contributed by atoms with Crippen molar-refractivity contribution in [1.29, 1.82) is 0 Å². The van der Waals surface area contributed by atoms with E-state index < -0.39 is 74.2 Å². The van der Waals surface area contributed by atoms with Crippen LogP contribution in [0.4, 0.5) is 0 Å².